The van der Waals surface area contributed by atoms with Crippen molar-refractivity contribution in [2.75, 3.05) is 31.2 Å². The van der Waals surface area contributed by atoms with Gasteiger partial charge in [0.05, 0.1) is 11.5 Å². The molecule has 0 spiro atoms. The van der Waals surface area contributed by atoms with Crippen molar-refractivity contribution in [3.63, 3.8) is 0 Å². The van der Waals surface area contributed by atoms with Crippen LogP contribution in [-0.2, 0) is 9.84 Å². The van der Waals surface area contributed by atoms with Crippen molar-refractivity contribution in [1.82, 2.24) is 5.32 Å². The first-order chi connectivity index (χ1) is 7.14. The molecule has 0 aromatic carbocycles. The topological polar surface area (TPSA) is 66.4 Å². The van der Waals surface area contributed by atoms with E-state index in [4.69, 9.17) is 5.11 Å². The first kappa shape index (κ1) is 12.9. The SMILES string of the molecule is O=S(=O)(CCCCCCO)CC1CNC1. The maximum atomic E-state index is 11.6. The minimum atomic E-state index is -2.83. The van der Waals surface area contributed by atoms with Crippen molar-refractivity contribution < 1.29 is 13.5 Å². The van der Waals surface area contributed by atoms with Crippen LogP contribution in [0.1, 0.15) is 25.7 Å². The standard InChI is InChI=1S/C10H21NO3S/c12-5-3-1-2-4-6-15(13,14)9-10-7-11-8-10/h10-12H,1-9H2. The number of aliphatic hydroxyl groups excluding tert-OH is 1. The zero-order chi connectivity index (χ0) is 11.1. The Morgan fingerprint density at radius 1 is 1.13 bits per heavy atom. The van der Waals surface area contributed by atoms with E-state index >= 15 is 0 Å². The Labute approximate surface area is 92.0 Å². The van der Waals surface area contributed by atoms with Gasteiger partial charge in [0.15, 0.2) is 9.84 Å². The Hall–Kier alpha value is -0.130. The van der Waals surface area contributed by atoms with Gasteiger partial charge in [0, 0.05) is 19.7 Å². The summed E-state index contributed by atoms with van der Waals surface area (Å²) in [5.74, 6) is 1.00. The lowest BCUT2D eigenvalue weighted by atomic mass is 10.1. The molecule has 0 bridgehead atoms. The summed E-state index contributed by atoms with van der Waals surface area (Å²) in [6.45, 7) is 1.91. The maximum absolute atomic E-state index is 11.6. The zero-order valence-corrected chi connectivity index (χ0v) is 9.93. The van der Waals surface area contributed by atoms with Crippen LogP contribution < -0.4 is 5.32 Å². The van der Waals surface area contributed by atoms with E-state index in [1.54, 1.807) is 0 Å². The lowest BCUT2D eigenvalue weighted by molar-refractivity contribution is 0.283. The number of hydrogen-bond acceptors (Lipinski definition) is 4. The van der Waals surface area contributed by atoms with Crippen molar-refractivity contribution in [2.45, 2.75) is 25.7 Å². The largest absolute Gasteiger partial charge is 0.396 e. The van der Waals surface area contributed by atoms with Crippen LogP contribution in [0.15, 0.2) is 0 Å². The molecule has 1 aliphatic heterocycles. The van der Waals surface area contributed by atoms with Crippen LogP contribution in [0.2, 0.25) is 0 Å². The highest BCUT2D eigenvalue weighted by Crippen LogP contribution is 2.10. The summed E-state index contributed by atoms with van der Waals surface area (Å²) < 4.78 is 23.2. The molecule has 0 aliphatic carbocycles. The fourth-order valence-corrected chi connectivity index (χ4v) is 3.46. The maximum Gasteiger partial charge on any atom is 0.150 e. The Bertz CT molecular complexity index is 260. The third kappa shape index (κ3) is 5.49. The Balaban J connectivity index is 2.07. The first-order valence-electron chi connectivity index (χ1n) is 5.66. The van der Waals surface area contributed by atoms with Crippen LogP contribution in [0.4, 0.5) is 0 Å². The van der Waals surface area contributed by atoms with Crippen molar-refractivity contribution in [1.29, 1.82) is 0 Å². The van der Waals surface area contributed by atoms with Crippen LogP contribution in [0.25, 0.3) is 0 Å². The van der Waals surface area contributed by atoms with Crippen molar-refractivity contribution in [2.24, 2.45) is 5.92 Å². The molecule has 90 valence electrons. The average molecular weight is 235 g/mol. The summed E-state index contributed by atoms with van der Waals surface area (Å²) in [6.07, 6.45) is 3.36. The quantitative estimate of drug-likeness (QED) is 0.589. The third-order valence-electron chi connectivity index (χ3n) is 2.72. The highest BCUT2D eigenvalue weighted by Gasteiger charge is 2.23. The molecule has 1 saturated heterocycles. The predicted octanol–water partition coefficient (Wildman–Crippen LogP) is 0.173. The van der Waals surface area contributed by atoms with Crippen molar-refractivity contribution >= 4 is 9.84 Å². The fourth-order valence-electron chi connectivity index (χ4n) is 1.70. The molecular formula is C10H21NO3S. The second kappa shape index (κ2) is 6.45. The monoisotopic (exact) mass is 235 g/mol. The van der Waals surface area contributed by atoms with Gasteiger partial charge in [0.2, 0.25) is 0 Å². The van der Waals surface area contributed by atoms with Gasteiger partial charge >= 0.3 is 0 Å². The second-order valence-electron chi connectivity index (χ2n) is 4.28. The molecule has 0 radical (unpaired) electrons. The number of sulfone groups is 1. The van der Waals surface area contributed by atoms with E-state index in [1.807, 2.05) is 0 Å². The van der Waals surface area contributed by atoms with E-state index in [1.165, 1.54) is 0 Å². The summed E-state index contributed by atoms with van der Waals surface area (Å²) in [7, 11) is -2.83. The first-order valence-corrected chi connectivity index (χ1v) is 7.48. The zero-order valence-electron chi connectivity index (χ0n) is 9.11. The van der Waals surface area contributed by atoms with Gasteiger partial charge in [0.1, 0.15) is 0 Å². The normalized spacial score (nSPS) is 17.7. The molecule has 2 N–H and O–H groups in total. The molecule has 4 nitrogen and oxygen atoms in total. The Morgan fingerprint density at radius 2 is 1.80 bits per heavy atom. The van der Waals surface area contributed by atoms with Gasteiger partial charge in [-0.15, -0.1) is 0 Å². The van der Waals surface area contributed by atoms with Crippen molar-refractivity contribution in [3.05, 3.63) is 0 Å². The molecule has 0 saturated carbocycles. The molecule has 1 heterocycles. The average Bonchev–Trinajstić information content (AvgIpc) is 2.12. The van der Waals surface area contributed by atoms with E-state index in [2.05, 4.69) is 5.32 Å². The highest BCUT2D eigenvalue weighted by atomic mass is 32.2. The molecule has 0 aromatic rings. The Morgan fingerprint density at radius 3 is 2.33 bits per heavy atom. The number of aliphatic hydroxyl groups is 1. The minimum Gasteiger partial charge on any atom is -0.396 e. The predicted molar refractivity (Wildman–Crippen MR) is 60.6 cm³/mol. The lowest BCUT2D eigenvalue weighted by Gasteiger charge is -2.26. The highest BCUT2D eigenvalue weighted by molar-refractivity contribution is 7.91. The molecule has 1 aliphatic rings. The van der Waals surface area contributed by atoms with Crippen LogP contribution in [0, 0.1) is 5.92 Å². The molecule has 0 amide bonds. The van der Waals surface area contributed by atoms with E-state index in [-0.39, 0.29) is 6.61 Å². The summed E-state index contributed by atoms with van der Waals surface area (Å²) in [5, 5.41) is 11.6. The molecule has 0 aromatic heterocycles. The molecular weight excluding hydrogens is 214 g/mol. The van der Waals surface area contributed by atoms with Gasteiger partial charge in [-0.2, -0.15) is 0 Å². The van der Waals surface area contributed by atoms with Gasteiger partial charge in [-0.25, -0.2) is 8.42 Å². The van der Waals surface area contributed by atoms with E-state index in [9.17, 15) is 8.42 Å². The van der Waals surface area contributed by atoms with E-state index < -0.39 is 9.84 Å². The fraction of sp³-hybridized carbons (Fsp3) is 1.00. The van der Waals surface area contributed by atoms with Gasteiger partial charge in [-0.3, -0.25) is 0 Å². The molecule has 15 heavy (non-hydrogen) atoms. The summed E-state index contributed by atoms with van der Waals surface area (Å²) in [5.41, 5.74) is 0. The smallest absolute Gasteiger partial charge is 0.150 e. The van der Waals surface area contributed by atoms with E-state index in [0.29, 0.717) is 17.4 Å². The van der Waals surface area contributed by atoms with Crippen LogP contribution in [0.3, 0.4) is 0 Å². The number of rotatable bonds is 8. The van der Waals surface area contributed by atoms with Gasteiger partial charge < -0.3 is 10.4 Å². The van der Waals surface area contributed by atoms with Crippen LogP contribution >= 0.6 is 0 Å². The molecule has 1 fully saturated rings. The summed E-state index contributed by atoms with van der Waals surface area (Å²) in [6, 6.07) is 0. The summed E-state index contributed by atoms with van der Waals surface area (Å²) >= 11 is 0. The summed E-state index contributed by atoms with van der Waals surface area (Å²) in [4.78, 5) is 0. The van der Waals surface area contributed by atoms with Crippen LogP contribution in [0.5, 0.6) is 0 Å². The van der Waals surface area contributed by atoms with Gasteiger partial charge in [-0.1, -0.05) is 12.8 Å². The van der Waals surface area contributed by atoms with Crippen LogP contribution in [-0.4, -0.2) is 44.7 Å². The number of unbranched alkanes of at least 4 members (excludes halogenated alkanes) is 3. The number of hydrogen-bond donors (Lipinski definition) is 2. The molecule has 0 unspecified atom stereocenters. The van der Waals surface area contributed by atoms with Gasteiger partial charge in [-0.05, 0) is 18.8 Å². The number of nitrogens with one attached hydrogen (secondary N) is 1. The van der Waals surface area contributed by atoms with Gasteiger partial charge in [0.25, 0.3) is 0 Å². The minimum absolute atomic E-state index is 0.209. The lowest BCUT2D eigenvalue weighted by Crippen LogP contribution is -2.45. The molecule has 0 atom stereocenters. The van der Waals surface area contributed by atoms with Crippen molar-refractivity contribution in [3.8, 4) is 0 Å². The second-order valence-corrected chi connectivity index (χ2v) is 6.51. The third-order valence-corrected chi connectivity index (χ3v) is 4.61. The Kier molecular flexibility index (Phi) is 5.56. The molecule has 1 rings (SSSR count). The molecule has 5 heteroatoms. The van der Waals surface area contributed by atoms with E-state index in [0.717, 1.165) is 38.8 Å².